The molecule has 0 unspecified atom stereocenters. The second-order valence-electron chi connectivity index (χ2n) is 4.94. The standard InChI is InChI=1S/C13H18N4S/c1-17(8-10-6-7-14-16-10)9-13-15-11-4-2-3-5-12(11)18-13/h6-7H,2-5,8-9H2,1H3,(H,14,16). The molecule has 0 bridgehead atoms. The number of hydrogen-bond donors (Lipinski definition) is 1. The minimum atomic E-state index is 0.893. The third kappa shape index (κ3) is 2.62. The Hall–Kier alpha value is -1.20. The van der Waals surface area contributed by atoms with Gasteiger partial charge in [-0.25, -0.2) is 4.98 Å². The Kier molecular flexibility index (Phi) is 3.43. The van der Waals surface area contributed by atoms with Gasteiger partial charge in [-0.1, -0.05) is 0 Å². The number of H-pyrrole nitrogens is 1. The summed E-state index contributed by atoms with van der Waals surface area (Å²) in [5.41, 5.74) is 2.51. The molecule has 2 aromatic rings. The van der Waals surface area contributed by atoms with Gasteiger partial charge in [0, 0.05) is 23.3 Å². The molecule has 1 N–H and O–H groups in total. The molecule has 0 saturated carbocycles. The number of hydrogen-bond acceptors (Lipinski definition) is 4. The van der Waals surface area contributed by atoms with Gasteiger partial charge < -0.3 is 0 Å². The van der Waals surface area contributed by atoms with Crippen LogP contribution in [0.3, 0.4) is 0 Å². The Balaban J connectivity index is 1.63. The molecule has 0 spiro atoms. The van der Waals surface area contributed by atoms with Gasteiger partial charge in [-0.2, -0.15) is 5.10 Å². The lowest BCUT2D eigenvalue weighted by molar-refractivity contribution is 0.314. The second kappa shape index (κ2) is 5.20. The summed E-state index contributed by atoms with van der Waals surface area (Å²) in [6.07, 6.45) is 6.84. The van der Waals surface area contributed by atoms with Crippen LogP contribution in [0.25, 0.3) is 0 Å². The van der Waals surface area contributed by atoms with Crippen molar-refractivity contribution < 1.29 is 0 Å². The van der Waals surface area contributed by atoms with Crippen LogP contribution in [-0.2, 0) is 25.9 Å². The lowest BCUT2D eigenvalue weighted by atomic mass is 10.0. The first-order valence-electron chi connectivity index (χ1n) is 6.45. The number of rotatable bonds is 4. The molecule has 2 heterocycles. The molecule has 4 nitrogen and oxygen atoms in total. The van der Waals surface area contributed by atoms with Crippen molar-refractivity contribution in [2.24, 2.45) is 0 Å². The molecule has 96 valence electrons. The van der Waals surface area contributed by atoms with E-state index in [4.69, 9.17) is 4.98 Å². The predicted molar refractivity (Wildman–Crippen MR) is 72.5 cm³/mol. The lowest BCUT2D eigenvalue weighted by Crippen LogP contribution is -2.17. The third-order valence-corrected chi connectivity index (χ3v) is 4.44. The van der Waals surface area contributed by atoms with E-state index in [9.17, 15) is 0 Å². The Morgan fingerprint density at radius 1 is 1.33 bits per heavy atom. The van der Waals surface area contributed by atoms with Crippen LogP contribution >= 0.6 is 11.3 Å². The molecule has 18 heavy (non-hydrogen) atoms. The Morgan fingerprint density at radius 2 is 2.22 bits per heavy atom. The number of fused-ring (bicyclic) bond motifs is 1. The second-order valence-corrected chi connectivity index (χ2v) is 6.11. The molecule has 5 heteroatoms. The van der Waals surface area contributed by atoms with E-state index >= 15 is 0 Å². The van der Waals surface area contributed by atoms with Gasteiger partial charge in [0.05, 0.1) is 12.2 Å². The summed E-state index contributed by atoms with van der Waals surface area (Å²) in [5, 5.41) is 8.22. The molecule has 0 aliphatic heterocycles. The summed E-state index contributed by atoms with van der Waals surface area (Å²) in [6.45, 7) is 1.82. The van der Waals surface area contributed by atoms with Crippen molar-refractivity contribution in [3.05, 3.63) is 33.5 Å². The van der Waals surface area contributed by atoms with Gasteiger partial charge in [0.1, 0.15) is 5.01 Å². The van der Waals surface area contributed by atoms with Crippen molar-refractivity contribution in [2.75, 3.05) is 7.05 Å². The average Bonchev–Trinajstić information content (AvgIpc) is 2.96. The average molecular weight is 262 g/mol. The minimum Gasteiger partial charge on any atom is -0.294 e. The van der Waals surface area contributed by atoms with E-state index in [1.807, 2.05) is 17.4 Å². The van der Waals surface area contributed by atoms with Gasteiger partial charge in [-0.3, -0.25) is 10.00 Å². The highest BCUT2D eigenvalue weighted by Gasteiger charge is 2.15. The fraction of sp³-hybridized carbons (Fsp3) is 0.538. The van der Waals surface area contributed by atoms with Gasteiger partial charge in [0.15, 0.2) is 0 Å². The molecular weight excluding hydrogens is 244 g/mol. The van der Waals surface area contributed by atoms with Crippen molar-refractivity contribution in [2.45, 2.75) is 38.8 Å². The van der Waals surface area contributed by atoms with Crippen LogP contribution in [-0.4, -0.2) is 27.1 Å². The van der Waals surface area contributed by atoms with Crippen LogP contribution in [0.1, 0.15) is 34.1 Å². The van der Waals surface area contributed by atoms with Crippen molar-refractivity contribution in [3.8, 4) is 0 Å². The molecule has 0 aromatic carbocycles. The highest BCUT2D eigenvalue weighted by Crippen LogP contribution is 2.27. The van der Waals surface area contributed by atoms with Crippen LogP contribution < -0.4 is 0 Å². The zero-order valence-electron chi connectivity index (χ0n) is 10.6. The van der Waals surface area contributed by atoms with Gasteiger partial charge >= 0.3 is 0 Å². The van der Waals surface area contributed by atoms with Gasteiger partial charge in [-0.05, 0) is 38.8 Å². The van der Waals surface area contributed by atoms with Crippen molar-refractivity contribution in [3.63, 3.8) is 0 Å². The number of aromatic nitrogens is 3. The summed E-state index contributed by atoms with van der Waals surface area (Å²) >= 11 is 1.90. The van der Waals surface area contributed by atoms with E-state index in [1.165, 1.54) is 41.3 Å². The van der Waals surface area contributed by atoms with E-state index in [0.717, 1.165) is 18.8 Å². The van der Waals surface area contributed by atoms with Crippen LogP contribution in [0.5, 0.6) is 0 Å². The fourth-order valence-corrected chi connectivity index (χ4v) is 3.66. The number of aryl methyl sites for hydroxylation is 2. The summed E-state index contributed by atoms with van der Waals surface area (Å²) in [7, 11) is 2.13. The molecular formula is C13H18N4S. The Labute approximate surface area is 111 Å². The maximum atomic E-state index is 4.77. The molecule has 1 aliphatic carbocycles. The first kappa shape index (κ1) is 11.9. The van der Waals surface area contributed by atoms with Crippen LogP contribution in [0.15, 0.2) is 12.3 Å². The molecule has 0 atom stereocenters. The van der Waals surface area contributed by atoms with Crippen LogP contribution in [0.2, 0.25) is 0 Å². The fourth-order valence-electron chi connectivity index (χ4n) is 2.42. The smallest absolute Gasteiger partial charge is 0.107 e. The molecule has 0 amide bonds. The quantitative estimate of drug-likeness (QED) is 0.920. The first-order valence-corrected chi connectivity index (χ1v) is 7.27. The van der Waals surface area contributed by atoms with E-state index < -0.39 is 0 Å². The summed E-state index contributed by atoms with van der Waals surface area (Å²) in [4.78, 5) is 8.57. The minimum absolute atomic E-state index is 0.893. The lowest BCUT2D eigenvalue weighted by Gasteiger charge is -2.13. The van der Waals surface area contributed by atoms with Crippen molar-refractivity contribution >= 4 is 11.3 Å². The van der Waals surface area contributed by atoms with E-state index in [1.54, 1.807) is 6.20 Å². The monoisotopic (exact) mass is 262 g/mol. The van der Waals surface area contributed by atoms with Crippen molar-refractivity contribution in [1.29, 1.82) is 0 Å². The van der Waals surface area contributed by atoms with Crippen molar-refractivity contribution in [1.82, 2.24) is 20.1 Å². The predicted octanol–water partition coefficient (Wildman–Crippen LogP) is 2.38. The van der Waals surface area contributed by atoms with E-state index in [-0.39, 0.29) is 0 Å². The number of nitrogens with zero attached hydrogens (tertiary/aromatic N) is 3. The van der Waals surface area contributed by atoms with Gasteiger partial charge in [-0.15, -0.1) is 11.3 Å². The van der Waals surface area contributed by atoms with Crippen LogP contribution in [0, 0.1) is 0 Å². The van der Waals surface area contributed by atoms with Gasteiger partial charge in [0.25, 0.3) is 0 Å². The number of nitrogens with one attached hydrogen (secondary N) is 1. The molecule has 0 fully saturated rings. The molecule has 1 aliphatic rings. The summed E-state index contributed by atoms with van der Waals surface area (Å²) < 4.78 is 0. The SMILES string of the molecule is CN(Cc1ccn[nH]1)Cc1nc2c(s1)CCCC2. The summed E-state index contributed by atoms with van der Waals surface area (Å²) in [5.74, 6) is 0. The number of aromatic amines is 1. The Morgan fingerprint density at radius 3 is 3.00 bits per heavy atom. The summed E-state index contributed by atoms with van der Waals surface area (Å²) in [6, 6.07) is 2.02. The highest BCUT2D eigenvalue weighted by molar-refractivity contribution is 7.11. The molecule has 2 aromatic heterocycles. The van der Waals surface area contributed by atoms with E-state index in [2.05, 4.69) is 22.1 Å². The number of thiazole rings is 1. The highest BCUT2D eigenvalue weighted by atomic mass is 32.1. The van der Waals surface area contributed by atoms with Gasteiger partial charge in [0.2, 0.25) is 0 Å². The topological polar surface area (TPSA) is 44.8 Å². The first-order chi connectivity index (χ1) is 8.81. The maximum Gasteiger partial charge on any atom is 0.107 e. The normalized spacial score (nSPS) is 15.0. The third-order valence-electron chi connectivity index (χ3n) is 3.29. The maximum absolute atomic E-state index is 4.77. The van der Waals surface area contributed by atoms with E-state index in [0.29, 0.717) is 0 Å². The van der Waals surface area contributed by atoms with Crippen LogP contribution in [0.4, 0.5) is 0 Å². The largest absolute Gasteiger partial charge is 0.294 e. The Bertz CT molecular complexity index is 480. The molecule has 0 radical (unpaired) electrons. The molecule has 0 saturated heterocycles. The zero-order chi connectivity index (χ0) is 12.4. The zero-order valence-corrected chi connectivity index (χ0v) is 11.5. The molecule has 3 rings (SSSR count).